The normalized spacial score (nSPS) is 7.86. The molecule has 0 saturated carbocycles. The Bertz CT molecular complexity index is 189. The summed E-state index contributed by atoms with van der Waals surface area (Å²) in [6.07, 6.45) is 2.45. The van der Waals surface area contributed by atoms with E-state index < -0.39 is 0 Å². The van der Waals surface area contributed by atoms with E-state index in [1.165, 1.54) is 24.0 Å². The standard InChI is InChI=1S/C10H14.C2H6.CH3Br/c1-3-4-10-7-5-9(2)6-8-10;2*1-2/h5-8H,3-4H2,1-2H3;1-2H3;1H3. The zero-order chi connectivity index (χ0) is 11.4. The average molecular weight is 259 g/mol. The topological polar surface area (TPSA) is 0 Å². The molecule has 1 heteroatoms. The number of rotatable bonds is 2. The minimum atomic E-state index is 1.21. The first-order valence-electron chi connectivity index (χ1n) is 5.26. The molecule has 0 N–H and O–H groups in total. The van der Waals surface area contributed by atoms with Crippen LogP contribution < -0.4 is 0 Å². The molecule has 14 heavy (non-hydrogen) atoms. The Morgan fingerprint density at radius 3 is 1.79 bits per heavy atom. The van der Waals surface area contributed by atoms with Crippen molar-refractivity contribution in [2.75, 3.05) is 5.83 Å². The second kappa shape index (κ2) is 12.7. The number of hydrogen-bond donors (Lipinski definition) is 0. The van der Waals surface area contributed by atoms with Crippen molar-refractivity contribution in [3.05, 3.63) is 35.4 Å². The van der Waals surface area contributed by atoms with E-state index in [1.54, 1.807) is 0 Å². The third-order valence-electron chi connectivity index (χ3n) is 1.66. The zero-order valence-corrected chi connectivity index (χ0v) is 11.7. The van der Waals surface area contributed by atoms with Gasteiger partial charge in [-0.15, -0.1) is 0 Å². The highest BCUT2D eigenvalue weighted by molar-refractivity contribution is 9.08. The second-order valence-corrected chi connectivity index (χ2v) is 2.74. The van der Waals surface area contributed by atoms with Gasteiger partial charge in [0.1, 0.15) is 0 Å². The Morgan fingerprint density at radius 2 is 1.43 bits per heavy atom. The average Bonchev–Trinajstić information content (AvgIpc) is 2.28. The van der Waals surface area contributed by atoms with Crippen LogP contribution in [0.2, 0.25) is 0 Å². The molecule has 0 aromatic heterocycles. The van der Waals surface area contributed by atoms with E-state index >= 15 is 0 Å². The Labute approximate surface area is 97.9 Å². The minimum absolute atomic E-state index is 1.21. The van der Waals surface area contributed by atoms with E-state index in [0.717, 1.165) is 0 Å². The fraction of sp³-hybridized carbons (Fsp3) is 0.538. The van der Waals surface area contributed by atoms with Gasteiger partial charge >= 0.3 is 0 Å². The monoisotopic (exact) mass is 258 g/mol. The molecule has 1 aromatic carbocycles. The van der Waals surface area contributed by atoms with Gasteiger partial charge < -0.3 is 0 Å². The second-order valence-electron chi connectivity index (χ2n) is 2.74. The molecule has 0 heterocycles. The molecular formula is C13H23Br. The van der Waals surface area contributed by atoms with E-state index in [1.807, 2.05) is 19.7 Å². The molecule has 0 aliphatic carbocycles. The van der Waals surface area contributed by atoms with Gasteiger partial charge in [-0.3, -0.25) is 0 Å². The molecular weight excluding hydrogens is 236 g/mol. The first kappa shape index (κ1) is 16.1. The zero-order valence-electron chi connectivity index (χ0n) is 10.1. The summed E-state index contributed by atoms with van der Waals surface area (Å²) < 4.78 is 0. The van der Waals surface area contributed by atoms with Gasteiger partial charge in [-0.1, -0.05) is 73.0 Å². The van der Waals surface area contributed by atoms with E-state index in [4.69, 9.17) is 0 Å². The number of benzene rings is 1. The number of alkyl halides is 1. The summed E-state index contributed by atoms with van der Waals surface area (Å²) >= 11 is 2.94. The van der Waals surface area contributed by atoms with Crippen molar-refractivity contribution >= 4 is 15.9 Å². The third kappa shape index (κ3) is 8.31. The predicted molar refractivity (Wildman–Crippen MR) is 71.4 cm³/mol. The van der Waals surface area contributed by atoms with E-state index in [9.17, 15) is 0 Å². The molecule has 0 spiro atoms. The maximum Gasteiger partial charge on any atom is -0.00848 e. The third-order valence-corrected chi connectivity index (χ3v) is 1.66. The lowest BCUT2D eigenvalue weighted by Gasteiger charge is -1.97. The number of halogens is 1. The van der Waals surface area contributed by atoms with Crippen LogP contribution in [0.5, 0.6) is 0 Å². The molecule has 0 amide bonds. The largest absolute Gasteiger partial charge is 0.0966 e. The molecule has 1 aromatic rings. The lowest BCUT2D eigenvalue weighted by Crippen LogP contribution is -1.81. The molecule has 1 rings (SSSR count). The highest BCUT2D eigenvalue weighted by Gasteiger charge is 1.87. The van der Waals surface area contributed by atoms with Crippen molar-refractivity contribution in [3.8, 4) is 0 Å². The first-order chi connectivity index (χ1) is 6.83. The van der Waals surface area contributed by atoms with Gasteiger partial charge in [0.05, 0.1) is 0 Å². The Hall–Kier alpha value is -0.300. The smallest absolute Gasteiger partial charge is 0.00848 e. The summed E-state index contributed by atoms with van der Waals surface area (Å²) in [6.45, 7) is 8.33. The van der Waals surface area contributed by atoms with Crippen molar-refractivity contribution in [1.82, 2.24) is 0 Å². The van der Waals surface area contributed by atoms with Crippen LogP contribution in [0.15, 0.2) is 24.3 Å². The summed E-state index contributed by atoms with van der Waals surface area (Å²) in [5, 5.41) is 0. The molecule has 0 unspecified atom stereocenters. The minimum Gasteiger partial charge on any atom is -0.0966 e. The molecule has 82 valence electrons. The molecule has 0 fully saturated rings. The molecule has 0 aliphatic rings. The molecule has 0 nitrogen and oxygen atoms in total. The maximum absolute atomic E-state index is 2.94. The maximum atomic E-state index is 2.94. The molecule has 0 aliphatic heterocycles. The van der Waals surface area contributed by atoms with Crippen LogP contribution in [0, 0.1) is 6.92 Å². The molecule has 0 radical (unpaired) electrons. The summed E-state index contributed by atoms with van der Waals surface area (Å²) in [6, 6.07) is 8.76. The lowest BCUT2D eigenvalue weighted by molar-refractivity contribution is 0.921. The van der Waals surface area contributed by atoms with Crippen LogP contribution in [-0.2, 0) is 6.42 Å². The summed E-state index contributed by atoms with van der Waals surface area (Å²) in [4.78, 5) is 0. The van der Waals surface area contributed by atoms with Crippen molar-refractivity contribution in [3.63, 3.8) is 0 Å². The van der Waals surface area contributed by atoms with E-state index in [-0.39, 0.29) is 0 Å². The van der Waals surface area contributed by atoms with E-state index in [2.05, 4.69) is 54.0 Å². The van der Waals surface area contributed by atoms with Crippen molar-refractivity contribution < 1.29 is 0 Å². The number of hydrogen-bond acceptors (Lipinski definition) is 0. The molecule has 0 saturated heterocycles. The quantitative estimate of drug-likeness (QED) is 0.657. The highest BCUT2D eigenvalue weighted by atomic mass is 79.9. The van der Waals surface area contributed by atoms with Gasteiger partial charge in [0.2, 0.25) is 0 Å². The highest BCUT2D eigenvalue weighted by Crippen LogP contribution is 2.04. The Kier molecular flexibility index (Phi) is 14.6. The van der Waals surface area contributed by atoms with Crippen LogP contribution in [0.1, 0.15) is 38.3 Å². The molecule has 0 atom stereocenters. The van der Waals surface area contributed by atoms with Gasteiger partial charge in [0, 0.05) is 0 Å². The van der Waals surface area contributed by atoms with Crippen LogP contribution in [0.3, 0.4) is 0 Å². The van der Waals surface area contributed by atoms with Gasteiger partial charge in [0.15, 0.2) is 0 Å². The van der Waals surface area contributed by atoms with Crippen LogP contribution in [0.25, 0.3) is 0 Å². The fourth-order valence-corrected chi connectivity index (χ4v) is 1.04. The Balaban J connectivity index is 0. The van der Waals surface area contributed by atoms with Crippen molar-refractivity contribution in [1.29, 1.82) is 0 Å². The van der Waals surface area contributed by atoms with Gasteiger partial charge in [0.25, 0.3) is 0 Å². The summed E-state index contributed by atoms with van der Waals surface area (Å²) in [5.74, 6) is 1.81. The van der Waals surface area contributed by atoms with Gasteiger partial charge in [-0.25, -0.2) is 0 Å². The lowest BCUT2D eigenvalue weighted by atomic mass is 10.1. The Morgan fingerprint density at radius 1 is 1.00 bits per heavy atom. The van der Waals surface area contributed by atoms with Crippen molar-refractivity contribution in [2.45, 2.75) is 40.5 Å². The SMILES string of the molecule is CBr.CC.CCCc1ccc(C)cc1. The van der Waals surface area contributed by atoms with Gasteiger partial charge in [-0.05, 0) is 24.7 Å². The fourth-order valence-electron chi connectivity index (χ4n) is 1.04. The summed E-state index contributed by atoms with van der Waals surface area (Å²) in [5.41, 5.74) is 2.80. The first-order valence-corrected chi connectivity index (χ1v) is 6.85. The van der Waals surface area contributed by atoms with Crippen LogP contribution in [0.4, 0.5) is 0 Å². The van der Waals surface area contributed by atoms with E-state index in [0.29, 0.717) is 0 Å². The summed E-state index contributed by atoms with van der Waals surface area (Å²) in [7, 11) is 0. The molecule has 0 bridgehead atoms. The van der Waals surface area contributed by atoms with Gasteiger partial charge in [-0.2, -0.15) is 0 Å². The number of aryl methyl sites for hydroxylation is 2. The van der Waals surface area contributed by atoms with Crippen LogP contribution in [-0.4, -0.2) is 5.83 Å². The van der Waals surface area contributed by atoms with Crippen molar-refractivity contribution in [2.24, 2.45) is 0 Å². The van der Waals surface area contributed by atoms with Crippen LogP contribution >= 0.6 is 15.9 Å². The predicted octanol–water partition coefficient (Wildman–Crippen LogP) is 4.98.